The molecule has 0 aliphatic rings. The number of nitrogens with zero attached hydrogens (tertiary/aromatic N) is 3. The van der Waals surface area contributed by atoms with Gasteiger partial charge in [-0.15, -0.1) is 0 Å². The highest BCUT2D eigenvalue weighted by Gasteiger charge is 2.11. The average Bonchev–Trinajstić information content (AvgIpc) is 3.08. The van der Waals surface area contributed by atoms with Crippen LogP contribution in [-0.2, 0) is 26.4 Å². The molecule has 0 aliphatic carbocycles. The Bertz CT molecular complexity index is 903. The van der Waals surface area contributed by atoms with Crippen LogP contribution in [0.15, 0.2) is 59.7 Å². The number of benzene rings is 2. The number of hydrogen-bond donors (Lipinski definition) is 2. The van der Waals surface area contributed by atoms with Crippen LogP contribution in [0, 0.1) is 0 Å². The van der Waals surface area contributed by atoms with E-state index in [9.17, 15) is 0 Å². The monoisotopic (exact) mass is 361 g/mol. The Kier molecular flexibility index (Phi) is 5.91. The lowest BCUT2D eigenvalue weighted by atomic mass is 10.0. The highest BCUT2D eigenvalue weighted by molar-refractivity contribution is 5.94. The van der Waals surface area contributed by atoms with Crippen LogP contribution in [0.25, 0.3) is 11.3 Å². The van der Waals surface area contributed by atoms with Gasteiger partial charge in [0.2, 0.25) is 0 Å². The second-order valence-corrected chi connectivity index (χ2v) is 6.53. The number of aliphatic imine (C=N–C) groups is 1. The van der Waals surface area contributed by atoms with Gasteiger partial charge in [-0.05, 0) is 24.0 Å². The second kappa shape index (κ2) is 8.54. The van der Waals surface area contributed by atoms with Gasteiger partial charge in [-0.2, -0.15) is 5.10 Å². The minimum absolute atomic E-state index is 0.425. The molecule has 1 heterocycles. The van der Waals surface area contributed by atoms with Crippen molar-refractivity contribution in [1.29, 1.82) is 0 Å². The molecule has 5 heteroatoms. The van der Waals surface area contributed by atoms with Gasteiger partial charge < -0.3 is 11.1 Å². The molecular weight excluding hydrogens is 334 g/mol. The van der Waals surface area contributed by atoms with Crippen molar-refractivity contribution in [2.45, 2.75) is 33.2 Å². The Labute approximate surface area is 160 Å². The molecule has 0 spiro atoms. The largest absolute Gasteiger partial charge is 0.370 e. The molecule has 0 saturated heterocycles. The van der Waals surface area contributed by atoms with Gasteiger partial charge in [-0.1, -0.05) is 62.4 Å². The lowest BCUT2D eigenvalue weighted by Gasteiger charge is -2.14. The summed E-state index contributed by atoms with van der Waals surface area (Å²) in [6, 6.07) is 16.5. The normalized spacial score (nSPS) is 11.6. The quantitative estimate of drug-likeness (QED) is 0.512. The fourth-order valence-electron chi connectivity index (χ4n) is 3.23. The smallest absolute Gasteiger partial charge is 0.193 e. The first-order valence-electron chi connectivity index (χ1n) is 9.38. The van der Waals surface area contributed by atoms with Crippen LogP contribution in [0.3, 0.4) is 0 Å². The summed E-state index contributed by atoms with van der Waals surface area (Å²) in [5.41, 5.74) is 12.9. The number of para-hydroxylation sites is 1. The summed E-state index contributed by atoms with van der Waals surface area (Å²) in [4.78, 5) is 4.57. The molecular formula is C22H27N5. The predicted octanol–water partition coefficient (Wildman–Crippen LogP) is 4.14. The summed E-state index contributed by atoms with van der Waals surface area (Å²) >= 11 is 0. The number of aryl methyl sites for hydroxylation is 3. The molecule has 3 N–H and O–H groups in total. The molecule has 3 aromatic rings. The maximum absolute atomic E-state index is 6.21. The van der Waals surface area contributed by atoms with Crippen molar-refractivity contribution in [2.24, 2.45) is 17.8 Å². The summed E-state index contributed by atoms with van der Waals surface area (Å²) in [6.45, 7) is 4.77. The van der Waals surface area contributed by atoms with Crippen molar-refractivity contribution in [2.75, 3.05) is 5.32 Å². The summed E-state index contributed by atoms with van der Waals surface area (Å²) in [6.07, 6.45) is 3.89. The molecule has 1 aromatic heterocycles. The maximum Gasteiger partial charge on any atom is 0.193 e. The van der Waals surface area contributed by atoms with Crippen LogP contribution in [0.4, 0.5) is 5.69 Å². The Morgan fingerprint density at radius 1 is 1.00 bits per heavy atom. The third-order valence-corrected chi connectivity index (χ3v) is 4.62. The van der Waals surface area contributed by atoms with E-state index in [0.29, 0.717) is 12.5 Å². The van der Waals surface area contributed by atoms with Crippen molar-refractivity contribution < 1.29 is 0 Å². The van der Waals surface area contributed by atoms with Crippen molar-refractivity contribution in [1.82, 2.24) is 9.78 Å². The Morgan fingerprint density at radius 3 is 2.30 bits per heavy atom. The number of rotatable bonds is 6. The number of guanidine groups is 1. The standard InChI is InChI=1S/C22H27N5/c1-4-16-12-9-13-17(5-2)20(16)25-22(23)24-14-19-15-27(3)26-21(19)18-10-7-6-8-11-18/h6-13,15H,4-5,14H2,1-3H3,(H3,23,24,25). The van der Waals surface area contributed by atoms with E-state index in [-0.39, 0.29) is 0 Å². The van der Waals surface area contributed by atoms with E-state index in [0.717, 1.165) is 35.3 Å². The van der Waals surface area contributed by atoms with E-state index >= 15 is 0 Å². The van der Waals surface area contributed by atoms with Crippen LogP contribution in [0.2, 0.25) is 0 Å². The molecule has 0 radical (unpaired) electrons. The first-order chi connectivity index (χ1) is 13.1. The van der Waals surface area contributed by atoms with Crippen molar-refractivity contribution in [3.8, 4) is 11.3 Å². The molecule has 2 aromatic carbocycles. The van der Waals surface area contributed by atoms with E-state index in [2.05, 4.69) is 59.6 Å². The zero-order chi connectivity index (χ0) is 19.2. The summed E-state index contributed by atoms with van der Waals surface area (Å²) < 4.78 is 1.82. The lowest BCUT2D eigenvalue weighted by molar-refractivity contribution is 0.769. The van der Waals surface area contributed by atoms with Gasteiger partial charge in [0.05, 0.1) is 12.2 Å². The average molecular weight is 361 g/mol. The second-order valence-electron chi connectivity index (χ2n) is 6.53. The Balaban J connectivity index is 1.82. The molecule has 0 atom stereocenters. The van der Waals surface area contributed by atoms with Crippen LogP contribution >= 0.6 is 0 Å². The molecule has 0 saturated carbocycles. The van der Waals surface area contributed by atoms with Crippen LogP contribution < -0.4 is 11.1 Å². The first-order valence-corrected chi connectivity index (χ1v) is 9.38. The van der Waals surface area contributed by atoms with Crippen molar-refractivity contribution >= 4 is 11.6 Å². The predicted molar refractivity (Wildman–Crippen MR) is 113 cm³/mol. The number of nitrogens with two attached hydrogens (primary N) is 1. The van der Waals surface area contributed by atoms with Crippen LogP contribution in [0.1, 0.15) is 30.5 Å². The molecule has 5 nitrogen and oxygen atoms in total. The third-order valence-electron chi connectivity index (χ3n) is 4.62. The molecule has 3 rings (SSSR count). The fourth-order valence-corrected chi connectivity index (χ4v) is 3.23. The Hall–Kier alpha value is -3.08. The van der Waals surface area contributed by atoms with Crippen molar-refractivity contribution in [3.63, 3.8) is 0 Å². The van der Waals surface area contributed by atoms with E-state index in [1.165, 1.54) is 11.1 Å². The molecule has 27 heavy (non-hydrogen) atoms. The van der Waals surface area contributed by atoms with Gasteiger partial charge in [-0.25, -0.2) is 4.99 Å². The fraction of sp³-hybridized carbons (Fsp3) is 0.273. The van der Waals surface area contributed by atoms with Gasteiger partial charge in [0, 0.05) is 30.1 Å². The van der Waals surface area contributed by atoms with Gasteiger partial charge >= 0.3 is 0 Å². The minimum Gasteiger partial charge on any atom is -0.370 e. The highest BCUT2D eigenvalue weighted by atomic mass is 15.3. The van der Waals surface area contributed by atoms with Crippen LogP contribution in [-0.4, -0.2) is 15.7 Å². The maximum atomic E-state index is 6.21. The zero-order valence-electron chi connectivity index (χ0n) is 16.2. The summed E-state index contributed by atoms with van der Waals surface area (Å²) in [7, 11) is 1.92. The molecule has 0 unspecified atom stereocenters. The summed E-state index contributed by atoms with van der Waals surface area (Å²) in [5.74, 6) is 0.425. The van der Waals surface area contributed by atoms with E-state index in [4.69, 9.17) is 5.73 Å². The van der Waals surface area contributed by atoms with Gasteiger partial charge in [0.1, 0.15) is 0 Å². The molecule has 0 bridgehead atoms. The topological polar surface area (TPSA) is 68.2 Å². The number of nitrogens with one attached hydrogen (secondary N) is 1. The molecule has 0 aliphatic heterocycles. The number of hydrogen-bond acceptors (Lipinski definition) is 2. The van der Waals surface area contributed by atoms with Gasteiger partial charge in [0.15, 0.2) is 5.96 Å². The molecule has 140 valence electrons. The number of anilines is 1. The highest BCUT2D eigenvalue weighted by Crippen LogP contribution is 2.24. The SMILES string of the molecule is CCc1cccc(CC)c1NC(N)=NCc1cn(C)nc1-c1ccccc1. The zero-order valence-corrected chi connectivity index (χ0v) is 16.2. The van der Waals surface area contributed by atoms with E-state index in [1.807, 2.05) is 36.1 Å². The minimum atomic E-state index is 0.425. The van der Waals surface area contributed by atoms with Gasteiger partial charge in [0.25, 0.3) is 0 Å². The van der Waals surface area contributed by atoms with Crippen LogP contribution in [0.5, 0.6) is 0 Å². The first kappa shape index (κ1) is 18.7. The van der Waals surface area contributed by atoms with Gasteiger partial charge in [-0.3, -0.25) is 4.68 Å². The number of aromatic nitrogens is 2. The van der Waals surface area contributed by atoms with E-state index in [1.54, 1.807) is 0 Å². The van der Waals surface area contributed by atoms with Crippen molar-refractivity contribution in [3.05, 3.63) is 71.4 Å². The summed E-state index contributed by atoms with van der Waals surface area (Å²) in [5, 5.41) is 7.90. The molecule has 0 amide bonds. The molecule has 0 fully saturated rings. The third kappa shape index (κ3) is 4.37. The Morgan fingerprint density at radius 2 is 1.67 bits per heavy atom. The lowest BCUT2D eigenvalue weighted by Crippen LogP contribution is -2.24. The van der Waals surface area contributed by atoms with E-state index < -0.39 is 0 Å².